The van der Waals surface area contributed by atoms with Crippen LogP contribution in [0.25, 0.3) is 0 Å². The Kier molecular flexibility index (Phi) is 9.61. The third kappa shape index (κ3) is 6.64. The molecular weight excluding hydrogens is 439 g/mol. The lowest BCUT2D eigenvalue weighted by atomic mass is 10.1. The van der Waals surface area contributed by atoms with Gasteiger partial charge in [0.2, 0.25) is 11.9 Å². The Morgan fingerprint density at radius 1 is 1.21 bits per heavy atom. The molecule has 0 saturated carbocycles. The van der Waals surface area contributed by atoms with Crippen LogP contribution in [0.15, 0.2) is 18.2 Å². The van der Waals surface area contributed by atoms with E-state index in [9.17, 15) is 4.39 Å². The van der Waals surface area contributed by atoms with Crippen molar-refractivity contribution in [3.63, 3.8) is 0 Å². The molecule has 0 amide bonds. The molecule has 2 unspecified atom stereocenters. The van der Waals surface area contributed by atoms with Crippen molar-refractivity contribution >= 4 is 23.5 Å². The Labute approximate surface area is 201 Å². The first-order valence-electron chi connectivity index (χ1n) is 12.0. The average Bonchev–Trinajstić information content (AvgIpc) is 3.28. The molecule has 2 aromatic rings. The number of anilines is 4. The predicted octanol–water partition coefficient (Wildman–Crippen LogP) is 3.15. The van der Waals surface area contributed by atoms with Gasteiger partial charge in [0, 0.05) is 25.3 Å². The number of nitrogens with two attached hydrogens (primary N) is 1. The van der Waals surface area contributed by atoms with Gasteiger partial charge < -0.3 is 25.0 Å². The lowest BCUT2D eigenvalue weighted by Crippen LogP contribution is -2.34. The molecule has 2 atom stereocenters. The highest BCUT2D eigenvalue weighted by atomic mass is 19.1. The first-order chi connectivity index (χ1) is 16.5. The second-order valence-electron chi connectivity index (χ2n) is 8.19. The zero-order valence-electron chi connectivity index (χ0n) is 20.6. The van der Waals surface area contributed by atoms with E-state index in [4.69, 9.17) is 15.3 Å². The van der Waals surface area contributed by atoms with Crippen molar-refractivity contribution in [2.45, 2.75) is 51.6 Å². The minimum atomic E-state index is -0.519. The van der Waals surface area contributed by atoms with Gasteiger partial charge in [-0.1, -0.05) is 13.8 Å². The van der Waals surface area contributed by atoms with Crippen LogP contribution < -0.4 is 26.2 Å². The highest BCUT2D eigenvalue weighted by Gasteiger charge is 2.22. The molecule has 1 aromatic heterocycles. The van der Waals surface area contributed by atoms with Crippen molar-refractivity contribution < 1.29 is 13.9 Å². The van der Waals surface area contributed by atoms with Gasteiger partial charge >= 0.3 is 0 Å². The summed E-state index contributed by atoms with van der Waals surface area (Å²) in [6, 6.07) is 4.97. The summed E-state index contributed by atoms with van der Waals surface area (Å²) in [6.45, 7) is 7.16. The van der Waals surface area contributed by atoms with E-state index in [0.717, 1.165) is 32.4 Å². The maximum atomic E-state index is 14.2. The molecular formula is C23H37FN8O2. The van der Waals surface area contributed by atoms with Gasteiger partial charge in [0.15, 0.2) is 11.6 Å². The fourth-order valence-corrected chi connectivity index (χ4v) is 4.02. The van der Waals surface area contributed by atoms with Crippen LogP contribution in [0.2, 0.25) is 0 Å². The van der Waals surface area contributed by atoms with Crippen LogP contribution in [0.4, 0.5) is 27.9 Å². The van der Waals surface area contributed by atoms with Crippen molar-refractivity contribution in [2.24, 2.45) is 5.84 Å². The fourth-order valence-electron chi connectivity index (χ4n) is 4.02. The second-order valence-corrected chi connectivity index (χ2v) is 8.19. The molecule has 188 valence electrons. The number of methoxy groups -OCH3 is 1. The molecule has 3 heterocycles. The number of nitrogens with zero attached hydrogens (tertiary/aromatic N) is 5. The van der Waals surface area contributed by atoms with Gasteiger partial charge in [-0.25, -0.2) is 15.2 Å². The predicted molar refractivity (Wildman–Crippen MR) is 132 cm³/mol. The Morgan fingerprint density at radius 2 is 2.00 bits per heavy atom. The summed E-state index contributed by atoms with van der Waals surface area (Å²) >= 11 is 0. The third-order valence-corrected chi connectivity index (χ3v) is 5.91. The van der Waals surface area contributed by atoms with Crippen LogP contribution in [0.5, 0.6) is 5.75 Å². The smallest absolute Gasteiger partial charge is 0.251 e. The van der Waals surface area contributed by atoms with Gasteiger partial charge in [-0.05, 0) is 51.4 Å². The number of halogens is 1. The quantitative estimate of drug-likeness (QED) is 0.388. The topological polar surface area (TPSA) is 114 Å². The molecule has 1 aromatic carbocycles. The van der Waals surface area contributed by atoms with Gasteiger partial charge in [-0.15, -0.1) is 0 Å². The third-order valence-electron chi connectivity index (χ3n) is 5.91. The number of ether oxygens (including phenoxy) is 2. The summed E-state index contributed by atoms with van der Waals surface area (Å²) in [5, 5.41) is 7.88. The monoisotopic (exact) mass is 476 g/mol. The molecule has 2 aliphatic heterocycles. The first kappa shape index (κ1) is 25.9. The maximum Gasteiger partial charge on any atom is 0.251 e. The summed E-state index contributed by atoms with van der Waals surface area (Å²) in [7, 11) is 3.53. The van der Waals surface area contributed by atoms with Crippen LogP contribution in [-0.2, 0) is 4.74 Å². The molecule has 2 saturated heterocycles. The Morgan fingerprint density at radius 3 is 2.65 bits per heavy atom. The van der Waals surface area contributed by atoms with Crippen LogP contribution >= 0.6 is 0 Å². The van der Waals surface area contributed by atoms with E-state index in [1.165, 1.54) is 30.7 Å². The number of likely N-dealkylation sites (tertiary alicyclic amines) is 1. The summed E-state index contributed by atoms with van der Waals surface area (Å²) in [5.41, 5.74) is 0.392. The minimum Gasteiger partial charge on any atom is -0.494 e. The minimum absolute atomic E-state index is 0.109. The van der Waals surface area contributed by atoms with Crippen molar-refractivity contribution in [1.82, 2.24) is 19.9 Å². The van der Waals surface area contributed by atoms with E-state index in [1.54, 1.807) is 6.07 Å². The Hall–Kier alpha value is -2.76. The van der Waals surface area contributed by atoms with Crippen molar-refractivity contribution in [1.29, 1.82) is 0 Å². The number of benzene rings is 1. The van der Waals surface area contributed by atoms with E-state index < -0.39 is 5.82 Å². The van der Waals surface area contributed by atoms with Crippen LogP contribution in [0.3, 0.4) is 0 Å². The van der Waals surface area contributed by atoms with Gasteiger partial charge in [-0.2, -0.15) is 15.0 Å². The van der Waals surface area contributed by atoms with Gasteiger partial charge in [0.1, 0.15) is 0 Å². The Bertz CT molecular complexity index is 913. The summed E-state index contributed by atoms with van der Waals surface area (Å²) in [5.74, 6) is 6.91. The number of hydrogen-bond acceptors (Lipinski definition) is 10. The first-order valence-corrected chi connectivity index (χ1v) is 12.0. The van der Waals surface area contributed by atoms with Crippen LogP contribution in [0.1, 0.15) is 39.5 Å². The second kappa shape index (κ2) is 12.6. The highest BCUT2D eigenvalue weighted by molar-refractivity contribution is 5.59. The molecule has 0 radical (unpaired) electrons. The van der Waals surface area contributed by atoms with Crippen LogP contribution in [0, 0.1) is 5.82 Å². The number of aromatic nitrogens is 3. The number of hydrazine groups is 1. The number of hydrogen-bond donors (Lipinski definition) is 3. The van der Waals surface area contributed by atoms with Gasteiger partial charge in [0.05, 0.1) is 25.4 Å². The zero-order valence-corrected chi connectivity index (χ0v) is 20.6. The zero-order chi connectivity index (χ0) is 24.5. The largest absolute Gasteiger partial charge is 0.494 e. The lowest BCUT2D eigenvalue weighted by Gasteiger charge is -2.24. The van der Waals surface area contributed by atoms with E-state index in [1.807, 2.05) is 13.8 Å². The SMILES string of the molecule is CC.COc1ccc(N(N)c2nc(NCC3CCCN3C)nc(NC3CCCOC3)n2)cc1F. The molecule has 4 rings (SSSR count). The van der Waals surface area contributed by atoms with Crippen molar-refractivity contribution in [3.8, 4) is 5.75 Å². The molecule has 2 aliphatic rings. The molecule has 0 bridgehead atoms. The van der Waals surface area contributed by atoms with Gasteiger partial charge in [-0.3, -0.25) is 0 Å². The lowest BCUT2D eigenvalue weighted by molar-refractivity contribution is 0.0874. The van der Waals surface area contributed by atoms with E-state index in [2.05, 4.69) is 37.5 Å². The molecule has 34 heavy (non-hydrogen) atoms. The van der Waals surface area contributed by atoms with Crippen LogP contribution in [-0.4, -0.2) is 72.4 Å². The van der Waals surface area contributed by atoms with Crippen molar-refractivity contribution in [2.75, 3.05) is 56.1 Å². The fraction of sp³-hybridized carbons (Fsp3) is 0.609. The summed E-state index contributed by atoms with van der Waals surface area (Å²) in [6.07, 6.45) is 4.25. The maximum absolute atomic E-state index is 14.2. The normalized spacial score (nSPS) is 20.3. The van der Waals surface area contributed by atoms with E-state index >= 15 is 0 Å². The highest BCUT2D eigenvalue weighted by Crippen LogP contribution is 2.26. The molecule has 11 heteroatoms. The summed E-state index contributed by atoms with van der Waals surface area (Å²) < 4.78 is 24.8. The van der Waals surface area contributed by atoms with Gasteiger partial charge in [0.25, 0.3) is 5.95 Å². The molecule has 4 N–H and O–H groups in total. The number of rotatable bonds is 8. The number of nitrogens with one attached hydrogen (secondary N) is 2. The number of likely N-dealkylation sites (N-methyl/N-ethyl adjacent to an activating group) is 1. The van der Waals surface area contributed by atoms with Crippen molar-refractivity contribution in [3.05, 3.63) is 24.0 Å². The Balaban J connectivity index is 0.00000158. The molecule has 10 nitrogen and oxygen atoms in total. The summed E-state index contributed by atoms with van der Waals surface area (Å²) in [4.78, 5) is 15.8. The average molecular weight is 477 g/mol. The molecule has 0 aliphatic carbocycles. The molecule has 2 fully saturated rings. The van der Waals surface area contributed by atoms with E-state index in [-0.39, 0.29) is 17.7 Å². The van der Waals surface area contributed by atoms with E-state index in [0.29, 0.717) is 36.8 Å². The molecule has 0 spiro atoms. The standard InChI is InChI=1S/C21H31FN8O2.C2H6/c1-29-9-3-6-16(29)12-24-19-26-20(25-14-5-4-10-32-13-14)28-21(27-19)30(23)15-7-8-18(31-2)17(22)11-15;1-2/h7-8,11,14,16H,3-6,9-10,12-13,23H2,1-2H3,(H2,24,25,26,27,28);1-2H3.